The summed E-state index contributed by atoms with van der Waals surface area (Å²) in [6, 6.07) is 1.28. The Hall–Kier alpha value is -0.350. The summed E-state index contributed by atoms with van der Waals surface area (Å²) in [5.74, 6) is 1.81. The minimum absolute atomic E-state index is 0.292. The van der Waals surface area contributed by atoms with E-state index in [0.717, 1.165) is 23.0 Å². The molecule has 4 rings (SSSR count). The topological polar surface area (TPSA) is 23.6 Å². The van der Waals surface area contributed by atoms with Crippen molar-refractivity contribution >= 4 is 21.7 Å². The second-order valence-corrected chi connectivity index (χ2v) is 7.54. The Labute approximate surface area is 123 Å². The molecule has 0 N–H and O–H groups in total. The van der Waals surface area contributed by atoms with E-state index in [0.29, 0.717) is 24.2 Å². The molecule has 3 fully saturated rings. The van der Waals surface area contributed by atoms with E-state index in [4.69, 9.17) is 0 Å². The first kappa shape index (κ1) is 12.4. The molecule has 3 saturated heterocycles. The van der Waals surface area contributed by atoms with Gasteiger partial charge in [-0.25, -0.2) is 0 Å². The third-order valence-corrected chi connectivity index (χ3v) is 6.29. The first-order valence-electron chi connectivity index (χ1n) is 7.62. The first-order chi connectivity index (χ1) is 9.22. The lowest BCUT2D eigenvalue weighted by molar-refractivity contribution is -0.120. The highest BCUT2D eigenvalue weighted by Crippen LogP contribution is 2.43. The van der Waals surface area contributed by atoms with Crippen LogP contribution in [0.2, 0.25) is 0 Å². The Kier molecular flexibility index (Phi) is 2.99. The van der Waals surface area contributed by atoms with Crippen LogP contribution < -0.4 is 0 Å². The number of fused-ring (bicyclic) bond motifs is 6. The van der Waals surface area contributed by atoms with Crippen molar-refractivity contribution in [3.8, 4) is 0 Å². The number of nitrogens with zero attached hydrogens (tertiary/aromatic N) is 2. The molecule has 4 unspecified atom stereocenters. The van der Waals surface area contributed by atoms with E-state index < -0.39 is 0 Å². The number of hydrogen-bond donors (Lipinski definition) is 0. The minimum atomic E-state index is 0.292. The average molecular weight is 325 g/mol. The van der Waals surface area contributed by atoms with Gasteiger partial charge in [0.05, 0.1) is 4.48 Å². The van der Waals surface area contributed by atoms with E-state index in [2.05, 4.69) is 31.9 Å². The zero-order valence-corrected chi connectivity index (χ0v) is 12.8. The molecule has 0 aromatic carbocycles. The quantitative estimate of drug-likeness (QED) is 0.683. The van der Waals surface area contributed by atoms with Crippen LogP contribution in [0, 0.1) is 11.8 Å². The van der Waals surface area contributed by atoms with E-state index in [-0.39, 0.29) is 0 Å². The smallest absolute Gasteiger partial charge is 0.173 e. The number of carbonyl (C=O) groups is 1. The molecule has 4 heterocycles. The van der Waals surface area contributed by atoms with Gasteiger partial charge in [-0.1, -0.05) is 6.42 Å². The van der Waals surface area contributed by atoms with Gasteiger partial charge in [-0.3, -0.25) is 9.69 Å². The van der Waals surface area contributed by atoms with Gasteiger partial charge < -0.3 is 4.90 Å². The fourth-order valence-corrected chi connectivity index (χ4v) is 5.21. The van der Waals surface area contributed by atoms with Crippen molar-refractivity contribution in [3.05, 3.63) is 10.7 Å². The van der Waals surface area contributed by atoms with Gasteiger partial charge in [0.1, 0.15) is 0 Å². The van der Waals surface area contributed by atoms with Gasteiger partial charge >= 0.3 is 0 Å². The molecule has 0 aromatic heterocycles. The highest BCUT2D eigenvalue weighted by atomic mass is 79.9. The zero-order chi connectivity index (χ0) is 13.0. The first-order valence-corrected chi connectivity index (χ1v) is 8.42. The highest BCUT2D eigenvalue weighted by molar-refractivity contribution is 9.12. The van der Waals surface area contributed by atoms with Gasteiger partial charge in [0.2, 0.25) is 0 Å². The molecule has 0 saturated carbocycles. The molecule has 19 heavy (non-hydrogen) atoms. The van der Waals surface area contributed by atoms with Gasteiger partial charge in [0, 0.05) is 37.8 Å². The monoisotopic (exact) mass is 324 g/mol. The Bertz CT molecular complexity index is 436. The summed E-state index contributed by atoms with van der Waals surface area (Å²) in [6.07, 6.45) is 8.31. The van der Waals surface area contributed by atoms with Crippen LogP contribution in [0.15, 0.2) is 10.7 Å². The number of allylic oxidation sites excluding steroid dienone is 1. The molecule has 0 spiro atoms. The molecule has 4 aliphatic heterocycles. The lowest BCUT2D eigenvalue weighted by Crippen LogP contribution is -2.62. The molecule has 0 aliphatic carbocycles. The van der Waals surface area contributed by atoms with Crippen molar-refractivity contribution in [2.75, 3.05) is 19.6 Å². The largest absolute Gasteiger partial charge is 0.372 e. The fourth-order valence-electron chi connectivity index (χ4n) is 4.79. The molecule has 0 amide bonds. The molecule has 0 aromatic rings. The van der Waals surface area contributed by atoms with Crippen LogP contribution in [0.4, 0.5) is 0 Å². The number of carbonyl (C=O) groups excluding carboxylic acids is 1. The molecule has 4 aliphatic rings. The van der Waals surface area contributed by atoms with E-state index >= 15 is 0 Å². The maximum atomic E-state index is 11.9. The van der Waals surface area contributed by atoms with Crippen LogP contribution >= 0.6 is 15.9 Å². The molecule has 2 bridgehead atoms. The second-order valence-electron chi connectivity index (χ2n) is 6.68. The van der Waals surface area contributed by atoms with Gasteiger partial charge in [-0.2, -0.15) is 0 Å². The number of hydrogen-bond acceptors (Lipinski definition) is 3. The van der Waals surface area contributed by atoms with Crippen molar-refractivity contribution in [2.24, 2.45) is 11.8 Å². The van der Waals surface area contributed by atoms with Crippen molar-refractivity contribution in [3.63, 3.8) is 0 Å². The van der Waals surface area contributed by atoms with Crippen LogP contribution in [0.25, 0.3) is 0 Å². The van der Waals surface area contributed by atoms with Crippen molar-refractivity contribution in [1.82, 2.24) is 9.80 Å². The third kappa shape index (κ3) is 1.99. The molecule has 104 valence electrons. The number of Topliss-reactive ketones (excluding diaryl/α,β-unsaturated/α-hetero) is 1. The minimum Gasteiger partial charge on any atom is -0.372 e. The van der Waals surface area contributed by atoms with Crippen LogP contribution in [-0.2, 0) is 4.79 Å². The Balaban J connectivity index is 1.61. The summed E-state index contributed by atoms with van der Waals surface area (Å²) in [6.45, 7) is 3.67. The van der Waals surface area contributed by atoms with Crippen LogP contribution in [0.1, 0.15) is 32.1 Å². The Morgan fingerprint density at radius 1 is 1.16 bits per heavy atom. The van der Waals surface area contributed by atoms with E-state index in [9.17, 15) is 4.79 Å². The van der Waals surface area contributed by atoms with Crippen LogP contribution in [0.3, 0.4) is 0 Å². The Morgan fingerprint density at radius 2 is 2.00 bits per heavy atom. The lowest BCUT2D eigenvalue weighted by Gasteiger charge is -2.56. The zero-order valence-electron chi connectivity index (χ0n) is 11.2. The van der Waals surface area contributed by atoms with E-state index in [1.807, 2.05) is 0 Å². The summed E-state index contributed by atoms with van der Waals surface area (Å²) in [4.78, 5) is 17.1. The SMILES string of the molecule is O=C1CC2C3CC(CN2C=C1Br)C1CCCCN1C3. The van der Waals surface area contributed by atoms with E-state index in [1.54, 1.807) is 0 Å². The molecular formula is C15H21BrN2O. The predicted octanol–water partition coefficient (Wildman–Crippen LogP) is 2.37. The van der Waals surface area contributed by atoms with Crippen LogP contribution in [-0.4, -0.2) is 47.3 Å². The van der Waals surface area contributed by atoms with Gasteiger partial charge in [-0.15, -0.1) is 0 Å². The summed E-state index contributed by atoms with van der Waals surface area (Å²) in [7, 11) is 0. The maximum Gasteiger partial charge on any atom is 0.173 e. The summed E-state index contributed by atoms with van der Waals surface area (Å²) < 4.78 is 0.782. The highest BCUT2D eigenvalue weighted by Gasteiger charge is 2.47. The lowest BCUT2D eigenvalue weighted by atomic mass is 9.71. The molecule has 3 nitrogen and oxygen atoms in total. The van der Waals surface area contributed by atoms with Crippen molar-refractivity contribution < 1.29 is 4.79 Å². The number of ketones is 1. The summed E-state index contributed by atoms with van der Waals surface area (Å²) >= 11 is 3.42. The normalized spacial score (nSPS) is 42.5. The standard InChI is InChI=1S/C15H21BrN2O/c16-12-9-18-8-10-5-11(14(18)6-15(12)19)7-17-4-2-1-3-13(10)17/h9-11,13-14H,1-8H2. The predicted molar refractivity (Wildman–Crippen MR) is 77.9 cm³/mol. The Morgan fingerprint density at radius 3 is 2.89 bits per heavy atom. The number of piperidine rings is 3. The molecule has 0 radical (unpaired) electrons. The van der Waals surface area contributed by atoms with Crippen molar-refractivity contribution in [2.45, 2.75) is 44.2 Å². The van der Waals surface area contributed by atoms with Crippen molar-refractivity contribution in [1.29, 1.82) is 0 Å². The molecular weight excluding hydrogens is 304 g/mol. The van der Waals surface area contributed by atoms with Gasteiger partial charge in [-0.05, 0) is 53.6 Å². The summed E-state index contributed by atoms with van der Waals surface area (Å²) in [5.41, 5.74) is 0. The van der Waals surface area contributed by atoms with Gasteiger partial charge in [0.15, 0.2) is 5.78 Å². The molecule has 4 heteroatoms. The van der Waals surface area contributed by atoms with E-state index in [1.165, 1.54) is 38.8 Å². The fraction of sp³-hybridized carbons (Fsp3) is 0.800. The summed E-state index contributed by atoms with van der Waals surface area (Å²) in [5, 5.41) is 0. The van der Waals surface area contributed by atoms with Crippen LogP contribution in [0.5, 0.6) is 0 Å². The maximum absolute atomic E-state index is 11.9. The average Bonchev–Trinajstić information content (AvgIpc) is 2.41. The van der Waals surface area contributed by atoms with Gasteiger partial charge in [0.25, 0.3) is 0 Å². The molecule has 4 atom stereocenters. The third-order valence-electron chi connectivity index (χ3n) is 5.64. The number of rotatable bonds is 0. The number of halogens is 1. The second kappa shape index (κ2) is 4.59.